The molecular formula is C22H26N4O6. The fourth-order valence-corrected chi connectivity index (χ4v) is 4.91. The SMILES string of the molecule is Cc1ccccc1-c1noc(CCCC(=O)N2CC[C@@]34OCCN3C(=O)C[C@@H]24)n1.O=CO. The highest BCUT2D eigenvalue weighted by molar-refractivity contribution is 5.84. The van der Waals surface area contributed by atoms with Crippen molar-refractivity contribution in [3.05, 3.63) is 35.7 Å². The van der Waals surface area contributed by atoms with Crippen LogP contribution in [0.4, 0.5) is 0 Å². The number of hydrogen-bond acceptors (Lipinski definition) is 7. The van der Waals surface area contributed by atoms with Gasteiger partial charge in [-0.3, -0.25) is 14.4 Å². The van der Waals surface area contributed by atoms with Gasteiger partial charge in [0, 0.05) is 37.9 Å². The molecule has 4 heterocycles. The Bertz CT molecular complexity index is 1010. The van der Waals surface area contributed by atoms with E-state index in [4.69, 9.17) is 19.2 Å². The molecule has 3 fully saturated rings. The van der Waals surface area contributed by atoms with Gasteiger partial charge in [0.05, 0.1) is 19.1 Å². The number of carboxylic acid groups (broad SMARTS) is 1. The minimum absolute atomic E-state index is 0.0654. The summed E-state index contributed by atoms with van der Waals surface area (Å²) in [6.45, 7) is 3.60. The number of ether oxygens (including phenoxy) is 1. The van der Waals surface area contributed by atoms with E-state index >= 15 is 0 Å². The largest absolute Gasteiger partial charge is 0.483 e. The molecule has 0 aliphatic carbocycles. The highest BCUT2D eigenvalue weighted by atomic mass is 16.5. The zero-order valence-corrected chi connectivity index (χ0v) is 17.9. The number of aromatic nitrogens is 2. The standard InChI is InChI=1S/C21H24N4O4.CH2O2/c1-14-5-2-3-6-15(14)20-22-17(29-23-20)7-4-8-18(26)24-10-9-21-16(24)13-19(27)25(21)11-12-28-21;2-1-3/h2-3,5-6,16H,4,7-13H2,1H3;1H,(H,2,3)/t16-,21+;/m1./s1. The van der Waals surface area contributed by atoms with E-state index in [-0.39, 0.29) is 24.3 Å². The molecule has 3 aliphatic rings. The molecule has 170 valence electrons. The maximum Gasteiger partial charge on any atom is 0.290 e. The van der Waals surface area contributed by atoms with Crippen LogP contribution < -0.4 is 0 Å². The second kappa shape index (κ2) is 9.07. The summed E-state index contributed by atoms with van der Waals surface area (Å²) in [6.07, 6.45) is 2.65. The van der Waals surface area contributed by atoms with Gasteiger partial charge in [-0.2, -0.15) is 4.98 Å². The van der Waals surface area contributed by atoms with Gasteiger partial charge < -0.3 is 24.2 Å². The summed E-state index contributed by atoms with van der Waals surface area (Å²) in [5.74, 6) is 1.28. The Morgan fingerprint density at radius 3 is 2.91 bits per heavy atom. The molecule has 10 nitrogen and oxygen atoms in total. The van der Waals surface area contributed by atoms with Crippen LogP contribution in [0, 0.1) is 6.92 Å². The Hall–Kier alpha value is -3.27. The number of carbonyl (C=O) groups excluding carboxylic acids is 2. The summed E-state index contributed by atoms with van der Waals surface area (Å²) in [7, 11) is 0. The second-order valence-electron chi connectivity index (χ2n) is 8.08. The summed E-state index contributed by atoms with van der Waals surface area (Å²) < 4.78 is 11.3. The first-order chi connectivity index (χ1) is 15.5. The molecule has 2 aromatic rings. The van der Waals surface area contributed by atoms with Gasteiger partial charge in [0.2, 0.25) is 23.5 Å². The van der Waals surface area contributed by atoms with Gasteiger partial charge >= 0.3 is 0 Å². The van der Waals surface area contributed by atoms with Crippen LogP contribution in [0.1, 0.15) is 37.1 Å². The molecule has 3 saturated heterocycles. The molecule has 3 aliphatic heterocycles. The summed E-state index contributed by atoms with van der Waals surface area (Å²) in [4.78, 5) is 41.6. The Morgan fingerprint density at radius 2 is 2.12 bits per heavy atom. The van der Waals surface area contributed by atoms with Crippen LogP contribution in [-0.2, 0) is 25.5 Å². The maximum absolute atomic E-state index is 12.8. The van der Waals surface area contributed by atoms with E-state index in [1.165, 1.54) is 0 Å². The Balaban J connectivity index is 0.000000775. The zero-order chi connectivity index (χ0) is 22.7. The predicted octanol–water partition coefficient (Wildman–Crippen LogP) is 1.63. The third kappa shape index (κ3) is 3.86. The monoisotopic (exact) mass is 442 g/mol. The smallest absolute Gasteiger partial charge is 0.290 e. The van der Waals surface area contributed by atoms with Crippen LogP contribution in [0.5, 0.6) is 0 Å². The highest BCUT2D eigenvalue weighted by Gasteiger charge is 2.62. The first kappa shape index (κ1) is 21.9. The van der Waals surface area contributed by atoms with Crippen LogP contribution in [-0.4, -0.2) is 74.8 Å². The number of hydrogen-bond donors (Lipinski definition) is 1. The predicted molar refractivity (Wildman–Crippen MR) is 111 cm³/mol. The number of benzene rings is 1. The van der Waals surface area contributed by atoms with E-state index in [1.807, 2.05) is 41.0 Å². The van der Waals surface area contributed by atoms with E-state index in [0.717, 1.165) is 11.1 Å². The Labute approximate surface area is 185 Å². The molecule has 2 atom stereocenters. The third-order valence-electron chi connectivity index (χ3n) is 6.36. The van der Waals surface area contributed by atoms with Gasteiger partial charge in [-0.15, -0.1) is 0 Å². The molecule has 1 N–H and O–H groups in total. The summed E-state index contributed by atoms with van der Waals surface area (Å²) >= 11 is 0. The molecule has 0 radical (unpaired) electrons. The first-order valence-electron chi connectivity index (χ1n) is 10.7. The second-order valence-corrected chi connectivity index (χ2v) is 8.08. The van der Waals surface area contributed by atoms with Crippen LogP contribution >= 0.6 is 0 Å². The lowest BCUT2D eigenvalue weighted by Crippen LogP contribution is -2.48. The van der Waals surface area contributed by atoms with Gasteiger partial charge in [0.1, 0.15) is 0 Å². The molecule has 10 heteroatoms. The van der Waals surface area contributed by atoms with Crippen LogP contribution in [0.15, 0.2) is 28.8 Å². The lowest BCUT2D eigenvalue weighted by atomic mass is 10.1. The molecule has 1 aromatic heterocycles. The number of carbonyl (C=O) groups is 3. The van der Waals surface area contributed by atoms with Crippen molar-refractivity contribution >= 4 is 18.3 Å². The van der Waals surface area contributed by atoms with E-state index in [1.54, 1.807) is 0 Å². The normalized spacial score (nSPS) is 23.5. The van der Waals surface area contributed by atoms with Crippen molar-refractivity contribution in [1.82, 2.24) is 19.9 Å². The zero-order valence-electron chi connectivity index (χ0n) is 17.9. The average molecular weight is 442 g/mol. The van der Waals surface area contributed by atoms with Crippen molar-refractivity contribution in [3.8, 4) is 11.4 Å². The van der Waals surface area contributed by atoms with E-state index in [2.05, 4.69) is 10.1 Å². The van der Waals surface area contributed by atoms with Gasteiger partial charge in [0.25, 0.3) is 6.47 Å². The fraction of sp³-hybridized carbons (Fsp3) is 0.500. The molecule has 0 bridgehead atoms. The number of aryl methyl sites for hydroxylation is 2. The minimum atomic E-state index is -0.568. The highest BCUT2D eigenvalue weighted by Crippen LogP contribution is 2.45. The molecule has 2 amide bonds. The third-order valence-corrected chi connectivity index (χ3v) is 6.36. The van der Waals surface area contributed by atoms with Crippen molar-refractivity contribution in [2.45, 2.75) is 50.8 Å². The molecule has 32 heavy (non-hydrogen) atoms. The number of rotatable bonds is 5. The van der Waals surface area contributed by atoms with Gasteiger partial charge in [-0.25, -0.2) is 0 Å². The maximum atomic E-state index is 12.8. The van der Waals surface area contributed by atoms with Gasteiger partial charge in [0.15, 0.2) is 5.72 Å². The quantitative estimate of drug-likeness (QED) is 0.693. The van der Waals surface area contributed by atoms with E-state index < -0.39 is 5.72 Å². The van der Waals surface area contributed by atoms with E-state index in [0.29, 0.717) is 63.5 Å². The van der Waals surface area contributed by atoms with Crippen molar-refractivity contribution < 1.29 is 28.8 Å². The van der Waals surface area contributed by atoms with Crippen molar-refractivity contribution in [2.75, 3.05) is 19.7 Å². The molecular weight excluding hydrogens is 416 g/mol. The molecule has 0 saturated carbocycles. The van der Waals surface area contributed by atoms with E-state index in [9.17, 15) is 9.59 Å². The number of amides is 2. The lowest BCUT2D eigenvalue weighted by molar-refractivity contribution is -0.139. The Kier molecular flexibility index (Phi) is 6.22. The number of nitrogens with zero attached hydrogens (tertiary/aromatic N) is 4. The van der Waals surface area contributed by atoms with Crippen molar-refractivity contribution in [2.24, 2.45) is 0 Å². The molecule has 1 spiro atoms. The summed E-state index contributed by atoms with van der Waals surface area (Å²) in [6, 6.07) is 7.75. The van der Waals surface area contributed by atoms with Crippen LogP contribution in [0.25, 0.3) is 11.4 Å². The number of likely N-dealkylation sites (tertiary alicyclic amines) is 1. The lowest BCUT2D eigenvalue weighted by Gasteiger charge is -2.31. The molecule has 0 unspecified atom stereocenters. The molecule has 1 aromatic carbocycles. The topological polar surface area (TPSA) is 126 Å². The van der Waals surface area contributed by atoms with Gasteiger partial charge in [-0.05, 0) is 18.9 Å². The minimum Gasteiger partial charge on any atom is -0.483 e. The average Bonchev–Trinajstić information content (AvgIpc) is 3.52. The first-order valence-corrected chi connectivity index (χ1v) is 10.7. The Morgan fingerprint density at radius 1 is 1.34 bits per heavy atom. The van der Waals surface area contributed by atoms with Crippen LogP contribution in [0.3, 0.4) is 0 Å². The van der Waals surface area contributed by atoms with Crippen molar-refractivity contribution in [1.29, 1.82) is 0 Å². The summed E-state index contributed by atoms with van der Waals surface area (Å²) in [5, 5.41) is 11.0. The molecule has 5 rings (SSSR count). The van der Waals surface area contributed by atoms with Crippen molar-refractivity contribution in [3.63, 3.8) is 0 Å². The van der Waals surface area contributed by atoms with Gasteiger partial charge in [-0.1, -0.05) is 29.4 Å². The fourth-order valence-electron chi connectivity index (χ4n) is 4.91. The van der Waals surface area contributed by atoms with Crippen LogP contribution in [0.2, 0.25) is 0 Å². The summed E-state index contributed by atoms with van der Waals surface area (Å²) in [5.41, 5.74) is 1.47.